The standard InChI is InChI=1S/C17H19Br2NO/c1-2-21-12-15-6-4-3-5-14(15)11-20-10-13-7-8-16(18)17(19)9-13/h3-9,20H,2,10-12H2,1H3. The van der Waals surface area contributed by atoms with Gasteiger partial charge in [-0.05, 0) is 67.6 Å². The maximum atomic E-state index is 5.51. The Bertz CT molecular complexity index is 587. The summed E-state index contributed by atoms with van der Waals surface area (Å²) < 4.78 is 7.67. The lowest BCUT2D eigenvalue weighted by molar-refractivity contribution is 0.133. The molecular weight excluding hydrogens is 394 g/mol. The Kier molecular flexibility index (Phi) is 6.90. The largest absolute Gasteiger partial charge is 0.377 e. The van der Waals surface area contributed by atoms with E-state index in [4.69, 9.17) is 4.74 Å². The molecule has 0 aliphatic heterocycles. The fourth-order valence-corrected chi connectivity index (χ4v) is 2.75. The van der Waals surface area contributed by atoms with Crippen LogP contribution in [-0.4, -0.2) is 6.61 Å². The van der Waals surface area contributed by atoms with Crippen LogP contribution in [0.5, 0.6) is 0 Å². The summed E-state index contributed by atoms with van der Waals surface area (Å²) in [4.78, 5) is 0. The fourth-order valence-electron chi connectivity index (χ4n) is 2.07. The molecule has 0 aliphatic rings. The lowest BCUT2D eigenvalue weighted by atomic mass is 10.1. The van der Waals surface area contributed by atoms with E-state index in [-0.39, 0.29) is 0 Å². The van der Waals surface area contributed by atoms with Crippen LogP contribution in [-0.2, 0) is 24.4 Å². The molecule has 0 bridgehead atoms. The van der Waals surface area contributed by atoms with Crippen LogP contribution in [0.15, 0.2) is 51.4 Å². The number of rotatable bonds is 7. The average Bonchev–Trinajstić information content (AvgIpc) is 2.50. The molecule has 0 aromatic heterocycles. The van der Waals surface area contributed by atoms with Crippen LogP contribution in [0.2, 0.25) is 0 Å². The zero-order valence-electron chi connectivity index (χ0n) is 12.0. The molecule has 2 aromatic rings. The first kappa shape index (κ1) is 16.7. The number of nitrogens with one attached hydrogen (secondary N) is 1. The summed E-state index contributed by atoms with van der Waals surface area (Å²) in [6, 6.07) is 14.7. The highest BCUT2D eigenvalue weighted by atomic mass is 79.9. The van der Waals surface area contributed by atoms with E-state index in [1.807, 2.05) is 6.92 Å². The summed E-state index contributed by atoms with van der Waals surface area (Å²) >= 11 is 7.02. The topological polar surface area (TPSA) is 21.3 Å². The number of benzene rings is 2. The third-order valence-electron chi connectivity index (χ3n) is 3.21. The number of ether oxygens (including phenoxy) is 1. The Morgan fingerprint density at radius 2 is 1.71 bits per heavy atom. The van der Waals surface area contributed by atoms with Crippen molar-refractivity contribution in [2.75, 3.05) is 6.61 Å². The molecular formula is C17H19Br2NO. The van der Waals surface area contributed by atoms with E-state index in [0.29, 0.717) is 6.61 Å². The van der Waals surface area contributed by atoms with E-state index < -0.39 is 0 Å². The van der Waals surface area contributed by atoms with Gasteiger partial charge in [-0.2, -0.15) is 0 Å². The Labute approximate surface area is 143 Å². The summed E-state index contributed by atoms with van der Waals surface area (Å²) in [5.74, 6) is 0. The summed E-state index contributed by atoms with van der Waals surface area (Å²) in [5, 5.41) is 3.49. The number of hydrogen-bond donors (Lipinski definition) is 1. The molecule has 0 saturated carbocycles. The van der Waals surface area contributed by atoms with Gasteiger partial charge in [-0.15, -0.1) is 0 Å². The van der Waals surface area contributed by atoms with Crippen molar-refractivity contribution in [3.8, 4) is 0 Å². The van der Waals surface area contributed by atoms with E-state index in [9.17, 15) is 0 Å². The smallest absolute Gasteiger partial charge is 0.0719 e. The molecule has 2 aromatic carbocycles. The SMILES string of the molecule is CCOCc1ccccc1CNCc1ccc(Br)c(Br)c1. The summed E-state index contributed by atoms with van der Waals surface area (Å²) in [6.07, 6.45) is 0. The lowest BCUT2D eigenvalue weighted by Gasteiger charge is -2.11. The first-order valence-corrected chi connectivity index (χ1v) is 8.58. The van der Waals surface area contributed by atoms with Gasteiger partial charge in [0.05, 0.1) is 6.61 Å². The van der Waals surface area contributed by atoms with Gasteiger partial charge in [0.15, 0.2) is 0 Å². The van der Waals surface area contributed by atoms with Gasteiger partial charge in [0.2, 0.25) is 0 Å². The molecule has 0 heterocycles. The number of hydrogen-bond acceptors (Lipinski definition) is 2. The summed E-state index contributed by atoms with van der Waals surface area (Å²) in [5.41, 5.74) is 3.80. The van der Waals surface area contributed by atoms with Crippen molar-refractivity contribution in [1.82, 2.24) is 5.32 Å². The zero-order chi connectivity index (χ0) is 15.1. The predicted octanol–water partition coefficient (Wildman–Crippen LogP) is 5.04. The highest BCUT2D eigenvalue weighted by Gasteiger charge is 2.02. The Morgan fingerprint density at radius 1 is 0.952 bits per heavy atom. The zero-order valence-corrected chi connectivity index (χ0v) is 15.2. The Morgan fingerprint density at radius 3 is 2.43 bits per heavy atom. The van der Waals surface area contributed by atoms with Crippen molar-refractivity contribution in [3.05, 3.63) is 68.1 Å². The second-order valence-corrected chi connectivity index (χ2v) is 6.47. The van der Waals surface area contributed by atoms with Crippen LogP contribution in [0, 0.1) is 0 Å². The molecule has 0 atom stereocenters. The van der Waals surface area contributed by atoms with Gasteiger partial charge in [-0.3, -0.25) is 0 Å². The van der Waals surface area contributed by atoms with Gasteiger partial charge < -0.3 is 10.1 Å². The van der Waals surface area contributed by atoms with Crippen molar-refractivity contribution >= 4 is 31.9 Å². The molecule has 21 heavy (non-hydrogen) atoms. The number of halogens is 2. The molecule has 0 fully saturated rings. The van der Waals surface area contributed by atoms with E-state index in [1.54, 1.807) is 0 Å². The van der Waals surface area contributed by atoms with Crippen LogP contribution in [0.25, 0.3) is 0 Å². The van der Waals surface area contributed by atoms with Crippen molar-refractivity contribution in [1.29, 1.82) is 0 Å². The van der Waals surface area contributed by atoms with Crippen molar-refractivity contribution in [2.45, 2.75) is 26.6 Å². The molecule has 1 N–H and O–H groups in total. The third-order valence-corrected chi connectivity index (χ3v) is 5.09. The maximum absolute atomic E-state index is 5.51. The van der Waals surface area contributed by atoms with Crippen LogP contribution in [0.3, 0.4) is 0 Å². The van der Waals surface area contributed by atoms with Crippen molar-refractivity contribution in [3.63, 3.8) is 0 Å². The molecule has 2 nitrogen and oxygen atoms in total. The Balaban J connectivity index is 1.92. The predicted molar refractivity (Wildman–Crippen MR) is 94.2 cm³/mol. The molecule has 0 amide bonds. The molecule has 2 rings (SSSR count). The summed E-state index contributed by atoms with van der Waals surface area (Å²) in [7, 11) is 0. The third kappa shape index (κ3) is 5.22. The quantitative estimate of drug-likeness (QED) is 0.687. The van der Waals surface area contributed by atoms with Crippen molar-refractivity contribution < 1.29 is 4.74 Å². The van der Waals surface area contributed by atoms with E-state index >= 15 is 0 Å². The molecule has 0 radical (unpaired) electrons. The molecule has 0 aliphatic carbocycles. The fraction of sp³-hybridized carbons (Fsp3) is 0.294. The Hall–Kier alpha value is -0.680. The van der Waals surface area contributed by atoms with Crippen LogP contribution >= 0.6 is 31.9 Å². The first-order chi connectivity index (χ1) is 10.2. The minimum Gasteiger partial charge on any atom is -0.377 e. The highest BCUT2D eigenvalue weighted by molar-refractivity contribution is 9.13. The second kappa shape index (κ2) is 8.69. The summed E-state index contributed by atoms with van der Waals surface area (Å²) in [6.45, 7) is 5.13. The van der Waals surface area contributed by atoms with Gasteiger partial charge >= 0.3 is 0 Å². The van der Waals surface area contributed by atoms with Crippen LogP contribution < -0.4 is 5.32 Å². The average molecular weight is 413 g/mol. The maximum Gasteiger partial charge on any atom is 0.0719 e. The van der Waals surface area contributed by atoms with Gasteiger partial charge in [-0.25, -0.2) is 0 Å². The van der Waals surface area contributed by atoms with Gasteiger partial charge in [0, 0.05) is 28.6 Å². The molecule has 0 spiro atoms. The van der Waals surface area contributed by atoms with E-state index in [2.05, 4.69) is 79.6 Å². The second-order valence-electron chi connectivity index (χ2n) is 4.76. The minimum absolute atomic E-state index is 0.679. The van der Waals surface area contributed by atoms with Crippen LogP contribution in [0.1, 0.15) is 23.6 Å². The molecule has 0 saturated heterocycles. The van der Waals surface area contributed by atoms with Crippen LogP contribution in [0.4, 0.5) is 0 Å². The van der Waals surface area contributed by atoms with Gasteiger partial charge in [0.1, 0.15) is 0 Å². The highest BCUT2D eigenvalue weighted by Crippen LogP contribution is 2.23. The monoisotopic (exact) mass is 411 g/mol. The van der Waals surface area contributed by atoms with E-state index in [1.165, 1.54) is 16.7 Å². The molecule has 112 valence electrons. The van der Waals surface area contributed by atoms with Gasteiger partial charge in [0.25, 0.3) is 0 Å². The molecule has 0 unspecified atom stereocenters. The van der Waals surface area contributed by atoms with Crippen molar-refractivity contribution in [2.24, 2.45) is 0 Å². The van der Waals surface area contributed by atoms with E-state index in [0.717, 1.165) is 28.6 Å². The first-order valence-electron chi connectivity index (χ1n) is 7.00. The minimum atomic E-state index is 0.679. The lowest BCUT2D eigenvalue weighted by Crippen LogP contribution is -2.14. The molecule has 4 heteroatoms. The van der Waals surface area contributed by atoms with Gasteiger partial charge in [-0.1, -0.05) is 30.3 Å². The normalized spacial score (nSPS) is 10.8.